The van der Waals surface area contributed by atoms with Gasteiger partial charge in [0.05, 0.1) is 12.1 Å². The molecule has 7 nitrogen and oxygen atoms in total. The quantitative estimate of drug-likeness (QED) is 0.443. The monoisotopic (exact) mass is 480 g/mol. The van der Waals surface area contributed by atoms with Crippen LogP contribution in [-0.4, -0.2) is 44.5 Å². The Hall–Kier alpha value is -3.14. The van der Waals surface area contributed by atoms with E-state index in [0.717, 1.165) is 36.4 Å². The van der Waals surface area contributed by atoms with Gasteiger partial charge in [0.25, 0.3) is 15.9 Å². The number of para-hydroxylation sites is 1. The van der Waals surface area contributed by atoms with Crippen molar-refractivity contribution in [3.05, 3.63) is 83.2 Å². The summed E-state index contributed by atoms with van der Waals surface area (Å²) in [6.07, 6.45) is 0. The van der Waals surface area contributed by atoms with Crippen molar-refractivity contribution in [1.29, 1.82) is 0 Å². The molecule has 2 N–H and O–H groups in total. The van der Waals surface area contributed by atoms with Crippen LogP contribution >= 0.6 is 11.3 Å². The Balaban J connectivity index is 1.45. The maximum absolute atomic E-state index is 13.8. The number of carbonyl (C=O) groups excluding carboxylic acids is 1. The van der Waals surface area contributed by atoms with Gasteiger partial charge in [-0.3, -0.25) is 4.79 Å². The molecule has 9 heteroatoms. The lowest BCUT2D eigenvalue weighted by atomic mass is 10.2. The maximum atomic E-state index is 13.8. The number of thiophene rings is 1. The van der Waals surface area contributed by atoms with Crippen molar-refractivity contribution < 1.29 is 13.2 Å². The fourth-order valence-electron chi connectivity index (χ4n) is 4.02. The number of carbonyl (C=O) groups is 1. The van der Waals surface area contributed by atoms with Crippen LogP contribution in [0.5, 0.6) is 0 Å². The number of fused-ring (bicyclic) bond motifs is 1. The Morgan fingerprint density at radius 2 is 1.70 bits per heavy atom. The molecule has 3 heterocycles. The number of rotatable bonds is 6. The van der Waals surface area contributed by atoms with Crippen LogP contribution in [-0.2, 0) is 16.6 Å². The topological polar surface area (TPSA) is 83.4 Å². The molecule has 4 aromatic rings. The number of aromatic nitrogens is 1. The van der Waals surface area contributed by atoms with Crippen molar-refractivity contribution in [2.45, 2.75) is 10.8 Å². The van der Waals surface area contributed by atoms with Crippen LogP contribution in [0.2, 0.25) is 0 Å². The van der Waals surface area contributed by atoms with Gasteiger partial charge in [-0.15, -0.1) is 11.3 Å². The summed E-state index contributed by atoms with van der Waals surface area (Å²) in [5, 5.41) is 7.07. The predicted molar refractivity (Wildman–Crippen MR) is 132 cm³/mol. The predicted octanol–water partition coefficient (Wildman–Crippen LogP) is 3.28. The number of benzene rings is 2. The minimum Gasteiger partial charge on any atom is -0.355 e. The van der Waals surface area contributed by atoms with Gasteiger partial charge in [0.15, 0.2) is 0 Å². The highest BCUT2D eigenvalue weighted by Crippen LogP contribution is 2.33. The highest BCUT2D eigenvalue weighted by molar-refractivity contribution is 7.92. The van der Waals surface area contributed by atoms with Crippen LogP contribution in [0.4, 0.5) is 5.82 Å². The minimum absolute atomic E-state index is 0.189. The number of amides is 1. The van der Waals surface area contributed by atoms with Crippen molar-refractivity contribution >= 4 is 44.0 Å². The van der Waals surface area contributed by atoms with Gasteiger partial charge in [0.2, 0.25) is 0 Å². The van der Waals surface area contributed by atoms with E-state index in [-0.39, 0.29) is 16.7 Å². The standard InChI is InChI=1S/C24H24N4O3S2/c29-24(18-6-2-1-3-7-18)26-17-20-10-11-23(32-20)33(30,31)28-21-9-5-4-8-19(21)16-22(28)27-14-12-25-13-15-27/h1-11,16,25H,12-15,17H2,(H,26,29). The number of anilines is 1. The normalized spacial score (nSPS) is 14.5. The third kappa shape index (κ3) is 4.27. The molecule has 0 atom stereocenters. The summed E-state index contributed by atoms with van der Waals surface area (Å²) in [6, 6.07) is 21.8. The van der Waals surface area contributed by atoms with Crippen molar-refractivity contribution in [1.82, 2.24) is 14.6 Å². The molecule has 5 rings (SSSR count). The highest BCUT2D eigenvalue weighted by atomic mass is 32.2. The average molecular weight is 481 g/mol. The first kappa shape index (κ1) is 21.7. The van der Waals surface area contributed by atoms with Crippen molar-refractivity contribution in [3.63, 3.8) is 0 Å². The first-order valence-electron chi connectivity index (χ1n) is 10.8. The largest absolute Gasteiger partial charge is 0.355 e. The summed E-state index contributed by atoms with van der Waals surface area (Å²) >= 11 is 1.18. The second kappa shape index (κ2) is 9.01. The van der Waals surface area contributed by atoms with Gasteiger partial charge in [-0.1, -0.05) is 36.4 Å². The number of hydrogen-bond donors (Lipinski definition) is 2. The SMILES string of the molecule is O=C(NCc1ccc(S(=O)(=O)n2c(N3CCNCC3)cc3ccccc32)s1)c1ccccc1. The van der Waals surface area contributed by atoms with E-state index in [1.54, 1.807) is 24.3 Å². The van der Waals surface area contributed by atoms with Crippen LogP contribution in [0.25, 0.3) is 10.9 Å². The molecule has 33 heavy (non-hydrogen) atoms. The van der Waals surface area contributed by atoms with E-state index in [2.05, 4.69) is 15.5 Å². The zero-order chi connectivity index (χ0) is 22.8. The van der Waals surface area contributed by atoms with Crippen LogP contribution < -0.4 is 15.5 Å². The Morgan fingerprint density at radius 3 is 2.48 bits per heavy atom. The molecule has 2 aromatic heterocycles. The first-order chi connectivity index (χ1) is 16.0. The van der Waals surface area contributed by atoms with Gasteiger partial charge in [-0.25, -0.2) is 3.97 Å². The van der Waals surface area contributed by atoms with E-state index >= 15 is 0 Å². The molecule has 0 saturated carbocycles. The van der Waals surface area contributed by atoms with Gasteiger partial charge in [0, 0.05) is 42.0 Å². The van der Waals surface area contributed by atoms with Crippen LogP contribution in [0.1, 0.15) is 15.2 Å². The third-order valence-corrected chi connectivity index (χ3v) is 8.95. The molecule has 1 saturated heterocycles. The molecule has 170 valence electrons. The van der Waals surface area contributed by atoms with E-state index in [0.29, 0.717) is 16.9 Å². The first-order valence-corrected chi connectivity index (χ1v) is 13.0. The van der Waals surface area contributed by atoms with E-state index in [1.165, 1.54) is 15.3 Å². The summed E-state index contributed by atoms with van der Waals surface area (Å²) in [4.78, 5) is 15.2. The number of nitrogens with one attached hydrogen (secondary N) is 2. The fourth-order valence-corrected chi connectivity index (χ4v) is 6.92. The van der Waals surface area contributed by atoms with Crippen LogP contribution in [0.3, 0.4) is 0 Å². The minimum atomic E-state index is -3.81. The van der Waals surface area contributed by atoms with Crippen LogP contribution in [0, 0.1) is 0 Å². The molecular weight excluding hydrogens is 456 g/mol. The van der Waals surface area contributed by atoms with E-state index < -0.39 is 10.0 Å². The Bertz CT molecular complexity index is 1390. The second-order valence-electron chi connectivity index (χ2n) is 7.84. The molecule has 0 spiro atoms. The molecule has 0 bridgehead atoms. The summed E-state index contributed by atoms with van der Waals surface area (Å²) in [7, 11) is -3.81. The highest BCUT2D eigenvalue weighted by Gasteiger charge is 2.27. The van der Waals surface area contributed by atoms with E-state index in [9.17, 15) is 13.2 Å². The Labute approximate surface area is 196 Å². The molecule has 2 aromatic carbocycles. The van der Waals surface area contributed by atoms with E-state index in [4.69, 9.17) is 0 Å². The molecule has 1 aliphatic heterocycles. The number of nitrogens with zero attached hydrogens (tertiary/aromatic N) is 2. The lowest BCUT2D eigenvalue weighted by Crippen LogP contribution is -2.44. The molecule has 1 amide bonds. The van der Waals surface area contributed by atoms with Gasteiger partial charge < -0.3 is 15.5 Å². The zero-order valence-corrected chi connectivity index (χ0v) is 19.5. The third-order valence-electron chi connectivity index (χ3n) is 5.68. The number of hydrogen-bond acceptors (Lipinski definition) is 6. The Morgan fingerprint density at radius 1 is 0.970 bits per heavy atom. The van der Waals surface area contributed by atoms with Crippen molar-refractivity contribution in [3.8, 4) is 0 Å². The summed E-state index contributed by atoms with van der Waals surface area (Å²) in [5.74, 6) is 0.496. The summed E-state index contributed by atoms with van der Waals surface area (Å²) in [5.41, 5.74) is 1.24. The Kier molecular flexibility index (Phi) is 5.92. The lowest BCUT2D eigenvalue weighted by Gasteiger charge is -2.29. The molecule has 1 fully saturated rings. The smallest absolute Gasteiger partial charge is 0.279 e. The average Bonchev–Trinajstić information content (AvgIpc) is 3.49. The molecule has 0 unspecified atom stereocenters. The zero-order valence-electron chi connectivity index (χ0n) is 17.9. The lowest BCUT2D eigenvalue weighted by molar-refractivity contribution is 0.0951. The van der Waals surface area contributed by atoms with Gasteiger partial charge in [0.1, 0.15) is 10.0 Å². The van der Waals surface area contributed by atoms with Crippen LogP contribution in [0.15, 0.2) is 77.0 Å². The van der Waals surface area contributed by atoms with Gasteiger partial charge in [-0.05, 0) is 36.4 Å². The molecule has 1 aliphatic rings. The summed E-state index contributed by atoms with van der Waals surface area (Å²) < 4.78 is 29.3. The summed E-state index contributed by atoms with van der Waals surface area (Å²) in [6.45, 7) is 3.38. The second-order valence-corrected chi connectivity index (χ2v) is 11.0. The molecule has 0 aliphatic carbocycles. The van der Waals surface area contributed by atoms with Crippen molar-refractivity contribution in [2.75, 3.05) is 31.1 Å². The van der Waals surface area contributed by atoms with E-state index in [1.807, 2.05) is 48.5 Å². The van der Waals surface area contributed by atoms with Gasteiger partial charge in [-0.2, -0.15) is 8.42 Å². The van der Waals surface area contributed by atoms with Crippen molar-refractivity contribution in [2.24, 2.45) is 0 Å². The fraction of sp³-hybridized carbons (Fsp3) is 0.208. The molecule has 0 radical (unpaired) electrons. The maximum Gasteiger partial charge on any atom is 0.279 e. The number of piperazine rings is 1. The van der Waals surface area contributed by atoms with Gasteiger partial charge >= 0.3 is 0 Å². The molecular formula is C24H24N4O3S2.